The number of nitrogens with zero attached hydrogens (tertiary/aromatic N) is 4. The van der Waals surface area contributed by atoms with E-state index >= 15 is 0 Å². The highest BCUT2D eigenvalue weighted by Gasteiger charge is 2.46. The molecule has 2 aliphatic heterocycles. The number of sulfonamides is 1. The maximum absolute atomic E-state index is 13.6. The number of carbonyl (C=O) groups is 2. The molecule has 2 aromatic rings. The Balaban J connectivity index is 1.26. The second-order valence-electron chi connectivity index (χ2n) is 10.6. The average Bonchev–Trinajstić information content (AvgIpc) is 2.93. The molecule has 3 atom stereocenters. The van der Waals surface area contributed by atoms with Crippen LogP contribution in [0, 0.1) is 0 Å². The van der Waals surface area contributed by atoms with E-state index in [1.165, 1.54) is 0 Å². The van der Waals surface area contributed by atoms with Gasteiger partial charge in [-0.3, -0.25) is 24.3 Å². The zero-order valence-electron chi connectivity index (χ0n) is 22.4. The Morgan fingerprint density at radius 3 is 2.51 bits per heavy atom. The number of fused-ring (bicyclic) bond motifs is 1. The van der Waals surface area contributed by atoms with Crippen LogP contribution in [-0.2, 0) is 10.0 Å². The lowest BCUT2D eigenvalue weighted by molar-refractivity contribution is 0.0411. The SMILES string of the molecule is CC1CC=C2C=CCC(C)(S(=O)(=O)Nc3ccc(C(=O)N4CCN(C(=O)c5ccccn5)C[C@H]4C)cc3)C2=N1. The lowest BCUT2D eigenvalue weighted by atomic mass is 9.86. The Kier molecular flexibility index (Phi) is 7.15. The summed E-state index contributed by atoms with van der Waals surface area (Å²) in [5.74, 6) is -0.309. The molecule has 2 amide bonds. The first-order valence-corrected chi connectivity index (χ1v) is 14.7. The number of hydrogen-bond donors (Lipinski definition) is 1. The van der Waals surface area contributed by atoms with Crippen LogP contribution >= 0.6 is 0 Å². The van der Waals surface area contributed by atoms with Gasteiger partial charge in [0.1, 0.15) is 10.4 Å². The van der Waals surface area contributed by atoms with E-state index in [-0.39, 0.29) is 23.9 Å². The minimum Gasteiger partial charge on any atom is -0.333 e. The van der Waals surface area contributed by atoms with Gasteiger partial charge >= 0.3 is 0 Å². The number of aliphatic imine (C=N–C) groups is 1. The van der Waals surface area contributed by atoms with Crippen molar-refractivity contribution in [3.05, 3.63) is 83.7 Å². The van der Waals surface area contributed by atoms with Crippen LogP contribution in [0.25, 0.3) is 0 Å². The van der Waals surface area contributed by atoms with Crippen molar-refractivity contribution in [3.63, 3.8) is 0 Å². The number of aromatic nitrogens is 1. The van der Waals surface area contributed by atoms with Gasteiger partial charge in [0.2, 0.25) is 10.0 Å². The molecule has 3 aliphatic rings. The molecule has 9 nitrogen and oxygen atoms in total. The molecule has 39 heavy (non-hydrogen) atoms. The van der Waals surface area contributed by atoms with E-state index in [1.807, 2.05) is 32.1 Å². The molecule has 1 aromatic carbocycles. The molecule has 0 spiro atoms. The standard InChI is InChI=1S/C29H33N5O4S/c1-20-9-10-22-7-6-15-29(3,26(22)31-20)39(37,38)32-24-13-11-23(12-14-24)27(35)34-18-17-33(19-21(34)2)28(36)25-8-4-5-16-30-25/h4-8,10-14,16,20-21,32H,9,15,17-19H2,1-3H3/t20?,21-,29?/m1/s1. The monoisotopic (exact) mass is 547 g/mol. The molecule has 1 fully saturated rings. The lowest BCUT2D eigenvalue weighted by Crippen LogP contribution is -2.55. The van der Waals surface area contributed by atoms with Crippen molar-refractivity contribution in [2.24, 2.45) is 4.99 Å². The van der Waals surface area contributed by atoms with Crippen LogP contribution in [0.2, 0.25) is 0 Å². The minimum atomic E-state index is -3.84. The molecule has 1 aromatic heterocycles. The third-order valence-electron chi connectivity index (χ3n) is 7.64. The number of nitrogens with one attached hydrogen (secondary N) is 1. The summed E-state index contributed by atoms with van der Waals surface area (Å²) in [6.45, 7) is 6.82. The smallest absolute Gasteiger partial charge is 0.272 e. The highest BCUT2D eigenvalue weighted by molar-refractivity contribution is 7.94. The first-order valence-electron chi connectivity index (χ1n) is 13.2. The first-order chi connectivity index (χ1) is 18.6. The van der Waals surface area contributed by atoms with Gasteiger partial charge in [0.15, 0.2) is 0 Å². The normalized spacial score (nSPS) is 24.9. The van der Waals surface area contributed by atoms with Gasteiger partial charge in [0.05, 0.1) is 11.8 Å². The fourth-order valence-corrected chi connectivity index (χ4v) is 6.70. The zero-order chi connectivity index (χ0) is 27.8. The quantitative estimate of drug-likeness (QED) is 0.614. The van der Waals surface area contributed by atoms with Crippen LogP contribution in [0.3, 0.4) is 0 Å². The molecule has 0 bridgehead atoms. The van der Waals surface area contributed by atoms with Gasteiger partial charge in [-0.1, -0.05) is 24.3 Å². The predicted octanol–water partition coefficient (Wildman–Crippen LogP) is 3.69. The molecule has 3 heterocycles. The van der Waals surface area contributed by atoms with Crippen molar-refractivity contribution >= 4 is 33.2 Å². The van der Waals surface area contributed by atoms with Crippen molar-refractivity contribution in [1.29, 1.82) is 0 Å². The van der Waals surface area contributed by atoms with Crippen LogP contribution < -0.4 is 4.72 Å². The Morgan fingerprint density at radius 1 is 1.05 bits per heavy atom. The maximum Gasteiger partial charge on any atom is 0.272 e. The summed E-state index contributed by atoms with van der Waals surface area (Å²) < 4.78 is 28.7. The molecule has 10 heteroatoms. The molecule has 0 saturated carbocycles. The minimum absolute atomic E-state index is 0.0347. The van der Waals surface area contributed by atoms with E-state index in [1.54, 1.807) is 65.4 Å². The van der Waals surface area contributed by atoms with Gasteiger partial charge in [-0.15, -0.1) is 0 Å². The average molecular weight is 548 g/mol. The summed E-state index contributed by atoms with van der Waals surface area (Å²) in [6, 6.07) is 11.6. The van der Waals surface area contributed by atoms with Gasteiger partial charge < -0.3 is 9.80 Å². The molecule has 2 unspecified atom stereocenters. The van der Waals surface area contributed by atoms with E-state index in [0.29, 0.717) is 48.7 Å². The Bertz CT molecular complexity index is 1470. The second kappa shape index (κ2) is 10.4. The van der Waals surface area contributed by atoms with Crippen molar-refractivity contribution in [2.75, 3.05) is 24.4 Å². The summed E-state index contributed by atoms with van der Waals surface area (Å²) in [5.41, 5.74) is 2.69. The molecule has 204 valence electrons. The van der Waals surface area contributed by atoms with Crippen LogP contribution in [0.4, 0.5) is 5.69 Å². The topological polar surface area (TPSA) is 112 Å². The van der Waals surface area contributed by atoms with Crippen molar-refractivity contribution in [3.8, 4) is 0 Å². The third kappa shape index (κ3) is 5.13. The van der Waals surface area contributed by atoms with Crippen LogP contribution in [0.5, 0.6) is 0 Å². The Morgan fingerprint density at radius 2 is 1.82 bits per heavy atom. The van der Waals surface area contributed by atoms with Crippen molar-refractivity contribution in [2.45, 2.75) is 50.4 Å². The third-order valence-corrected chi connectivity index (χ3v) is 9.69. The summed E-state index contributed by atoms with van der Waals surface area (Å²) >= 11 is 0. The Labute approximate surface area is 229 Å². The Hall–Kier alpha value is -3.79. The summed E-state index contributed by atoms with van der Waals surface area (Å²) in [4.78, 5) is 38.3. The van der Waals surface area contributed by atoms with E-state index in [2.05, 4.69) is 9.71 Å². The molecular formula is C29H33N5O4S. The fraction of sp³-hybridized carbons (Fsp3) is 0.379. The number of rotatable bonds is 5. The number of allylic oxidation sites excluding steroid dienone is 3. The number of amides is 2. The molecule has 1 N–H and O–H groups in total. The van der Waals surface area contributed by atoms with Crippen molar-refractivity contribution in [1.82, 2.24) is 14.8 Å². The highest BCUT2D eigenvalue weighted by atomic mass is 32.2. The van der Waals surface area contributed by atoms with Gasteiger partial charge in [0.25, 0.3) is 11.8 Å². The van der Waals surface area contributed by atoms with Gasteiger partial charge in [-0.2, -0.15) is 0 Å². The van der Waals surface area contributed by atoms with E-state index in [0.717, 1.165) is 12.0 Å². The van der Waals surface area contributed by atoms with Gasteiger partial charge in [-0.25, -0.2) is 8.42 Å². The number of anilines is 1. The summed E-state index contributed by atoms with van der Waals surface area (Å²) in [6.07, 6.45) is 8.58. The van der Waals surface area contributed by atoms with Crippen LogP contribution in [0.1, 0.15) is 54.5 Å². The summed E-state index contributed by atoms with van der Waals surface area (Å²) in [5, 5.41) is 0. The molecule has 1 saturated heterocycles. The molecule has 1 aliphatic carbocycles. The number of hydrogen-bond acceptors (Lipinski definition) is 6. The molecular weight excluding hydrogens is 514 g/mol. The lowest BCUT2D eigenvalue weighted by Gasteiger charge is -2.39. The van der Waals surface area contributed by atoms with Gasteiger partial charge in [-0.05, 0) is 75.6 Å². The molecule has 0 radical (unpaired) electrons. The number of carbonyl (C=O) groups excluding carboxylic acids is 2. The number of dihydropyridines is 1. The highest BCUT2D eigenvalue weighted by Crippen LogP contribution is 2.36. The zero-order valence-corrected chi connectivity index (χ0v) is 23.2. The van der Waals surface area contributed by atoms with Crippen molar-refractivity contribution < 1.29 is 18.0 Å². The number of piperazine rings is 1. The fourth-order valence-electron chi connectivity index (χ4n) is 5.28. The van der Waals surface area contributed by atoms with Crippen LogP contribution in [0.15, 0.2) is 77.5 Å². The summed E-state index contributed by atoms with van der Waals surface area (Å²) in [7, 11) is -3.84. The van der Waals surface area contributed by atoms with E-state index in [9.17, 15) is 18.0 Å². The van der Waals surface area contributed by atoms with E-state index in [4.69, 9.17) is 4.99 Å². The maximum atomic E-state index is 13.6. The van der Waals surface area contributed by atoms with Crippen LogP contribution in [-0.4, -0.2) is 77.2 Å². The van der Waals surface area contributed by atoms with Gasteiger partial charge in [0, 0.05) is 43.1 Å². The largest absolute Gasteiger partial charge is 0.333 e. The van der Waals surface area contributed by atoms with E-state index < -0.39 is 14.8 Å². The second-order valence-corrected chi connectivity index (χ2v) is 12.7. The predicted molar refractivity (Wildman–Crippen MR) is 151 cm³/mol. The molecule has 5 rings (SSSR count). The first kappa shape index (κ1) is 26.8. The number of benzene rings is 1. The number of pyridine rings is 1.